The zero-order valence-corrected chi connectivity index (χ0v) is 31.9. The van der Waals surface area contributed by atoms with Gasteiger partial charge in [0.2, 0.25) is 0 Å². The van der Waals surface area contributed by atoms with Gasteiger partial charge in [0.1, 0.15) is 11.2 Å². The summed E-state index contributed by atoms with van der Waals surface area (Å²) in [6, 6.07) is 62.0. The van der Waals surface area contributed by atoms with Gasteiger partial charge in [-0.2, -0.15) is 0 Å². The highest BCUT2D eigenvalue weighted by Gasteiger charge is 2.21. The van der Waals surface area contributed by atoms with Crippen LogP contribution in [0.3, 0.4) is 0 Å². The number of fused-ring (bicyclic) bond motifs is 9. The van der Waals surface area contributed by atoms with Gasteiger partial charge in [0.25, 0.3) is 0 Å². The fourth-order valence-electron chi connectivity index (χ4n) is 8.24. The Morgan fingerprint density at radius 1 is 0.333 bits per heavy atom. The normalized spacial score (nSPS) is 11.9. The second kappa shape index (κ2) is 12.8. The summed E-state index contributed by atoms with van der Waals surface area (Å²) in [7, 11) is 0. The summed E-state index contributed by atoms with van der Waals surface area (Å²) in [5.41, 5.74) is 9.31. The Morgan fingerprint density at radius 2 is 0.895 bits per heavy atom. The van der Waals surface area contributed by atoms with E-state index in [1.54, 1.807) is 11.3 Å². The molecule has 0 aliphatic rings. The highest BCUT2D eigenvalue weighted by molar-refractivity contribution is 7.26. The van der Waals surface area contributed by atoms with Crippen LogP contribution in [-0.4, -0.2) is 15.0 Å². The standard InChI is InChI=1S/C51H29N3OS2/c1-3-13-30(14-4-1)49-52-50(31-15-5-2-6-16-31)54-51(53-49)32-25-26-37-39-21-12-22-40(48(39)57-45(37)29-32)42-28-33(27-41-35-17-7-9-23-43(35)55-46(41)42)34-19-11-20-38-36-18-8-10-24-44(36)56-47(34)38/h1-29H. The number of furan rings is 1. The van der Waals surface area contributed by atoms with Gasteiger partial charge in [-0.3, -0.25) is 0 Å². The minimum atomic E-state index is 0.648. The number of nitrogens with zero attached hydrogens (tertiary/aromatic N) is 3. The Bertz CT molecular complexity index is 3470. The summed E-state index contributed by atoms with van der Waals surface area (Å²) in [6.07, 6.45) is 0. The van der Waals surface area contributed by atoms with E-state index in [1.165, 1.54) is 51.5 Å². The first kappa shape index (κ1) is 32.3. The zero-order chi connectivity index (χ0) is 37.5. The van der Waals surface area contributed by atoms with Crippen LogP contribution >= 0.6 is 22.7 Å². The van der Waals surface area contributed by atoms with Gasteiger partial charge in [-0.15, -0.1) is 22.7 Å². The maximum atomic E-state index is 6.74. The van der Waals surface area contributed by atoms with Crippen LogP contribution in [0.2, 0.25) is 0 Å². The molecule has 0 amide bonds. The molecule has 4 nitrogen and oxygen atoms in total. The number of aromatic nitrogens is 3. The lowest BCUT2D eigenvalue weighted by molar-refractivity contribution is 0.670. The Hall–Kier alpha value is -6.99. The van der Waals surface area contributed by atoms with Gasteiger partial charge < -0.3 is 4.42 Å². The summed E-state index contributed by atoms with van der Waals surface area (Å²) in [5.74, 6) is 1.95. The molecule has 0 atom stereocenters. The maximum Gasteiger partial charge on any atom is 0.164 e. The van der Waals surface area contributed by atoms with Gasteiger partial charge >= 0.3 is 0 Å². The minimum absolute atomic E-state index is 0.648. The molecule has 4 aromatic heterocycles. The lowest BCUT2D eigenvalue weighted by Crippen LogP contribution is -1.99. The number of hydrogen-bond acceptors (Lipinski definition) is 6. The SMILES string of the molecule is c1ccc(-c2nc(-c3ccccc3)nc(-c3ccc4c(c3)sc3c(-c5cc(-c6cccc7c6sc6ccccc67)cc6c5oc5ccccc56)cccc34)n2)cc1. The van der Waals surface area contributed by atoms with Crippen molar-refractivity contribution >= 4 is 85.0 Å². The predicted molar refractivity (Wildman–Crippen MR) is 240 cm³/mol. The van der Waals surface area contributed by atoms with Crippen molar-refractivity contribution in [1.29, 1.82) is 0 Å². The predicted octanol–water partition coefficient (Wildman–Crippen LogP) is 14.8. The van der Waals surface area contributed by atoms with Crippen LogP contribution in [0.25, 0.3) is 119 Å². The first-order chi connectivity index (χ1) is 28.2. The molecule has 0 bridgehead atoms. The van der Waals surface area contributed by atoms with Gasteiger partial charge in [-0.1, -0.05) is 146 Å². The quantitative estimate of drug-likeness (QED) is 0.175. The van der Waals surface area contributed by atoms with Crippen molar-refractivity contribution in [2.75, 3.05) is 0 Å². The number of hydrogen-bond donors (Lipinski definition) is 0. The van der Waals surface area contributed by atoms with E-state index in [1.807, 2.05) is 78.1 Å². The largest absolute Gasteiger partial charge is 0.455 e. The summed E-state index contributed by atoms with van der Waals surface area (Å²) < 4.78 is 11.7. The summed E-state index contributed by atoms with van der Waals surface area (Å²) in [6.45, 7) is 0. The van der Waals surface area contributed by atoms with Crippen molar-refractivity contribution in [1.82, 2.24) is 15.0 Å². The summed E-state index contributed by atoms with van der Waals surface area (Å²) in [4.78, 5) is 15.0. The molecule has 57 heavy (non-hydrogen) atoms. The molecule has 8 aromatic carbocycles. The third kappa shape index (κ3) is 5.22. The molecule has 0 spiro atoms. The van der Waals surface area contributed by atoms with E-state index in [0.717, 1.165) is 49.8 Å². The molecule has 0 N–H and O–H groups in total. The van der Waals surface area contributed by atoms with Gasteiger partial charge in [0, 0.05) is 78.9 Å². The smallest absolute Gasteiger partial charge is 0.164 e. The second-order valence-electron chi connectivity index (χ2n) is 14.3. The van der Waals surface area contributed by atoms with Crippen LogP contribution in [-0.2, 0) is 0 Å². The lowest BCUT2D eigenvalue weighted by Gasteiger charge is -2.10. The van der Waals surface area contributed by atoms with Crippen LogP contribution in [0.1, 0.15) is 0 Å². The Balaban J connectivity index is 1.06. The van der Waals surface area contributed by atoms with Crippen LogP contribution in [0.4, 0.5) is 0 Å². The molecular formula is C51H29N3OS2. The van der Waals surface area contributed by atoms with Crippen LogP contribution in [0.15, 0.2) is 180 Å². The molecule has 0 saturated heterocycles. The number of para-hydroxylation sites is 1. The molecule has 4 heterocycles. The molecule has 12 aromatic rings. The van der Waals surface area contributed by atoms with Gasteiger partial charge in [0.05, 0.1) is 0 Å². The van der Waals surface area contributed by atoms with Crippen molar-refractivity contribution in [3.05, 3.63) is 176 Å². The Labute approximate surface area is 335 Å². The van der Waals surface area contributed by atoms with Crippen molar-refractivity contribution < 1.29 is 4.42 Å². The lowest BCUT2D eigenvalue weighted by atomic mass is 9.94. The van der Waals surface area contributed by atoms with Crippen molar-refractivity contribution in [2.24, 2.45) is 0 Å². The van der Waals surface area contributed by atoms with E-state index < -0.39 is 0 Å². The van der Waals surface area contributed by atoms with Crippen molar-refractivity contribution in [3.63, 3.8) is 0 Å². The molecule has 12 rings (SSSR count). The molecule has 0 radical (unpaired) electrons. The maximum absolute atomic E-state index is 6.74. The molecule has 6 heteroatoms. The minimum Gasteiger partial charge on any atom is -0.455 e. The van der Waals surface area contributed by atoms with E-state index in [4.69, 9.17) is 19.4 Å². The average Bonchev–Trinajstić information content (AvgIpc) is 3.98. The molecule has 266 valence electrons. The van der Waals surface area contributed by atoms with E-state index in [-0.39, 0.29) is 0 Å². The second-order valence-corrected chi connectivity index (χ2v) is 16.4. The fraction of sp³-hybridized carbons (Fsp3) is 0. The molecular weight excluding hydrogens is 735 g/mol. The Kier molecular flexibility index (Phi) is 7.24. The number of thiophene rings is 2. The van der Waals surface area contributed by atoms with Crippen LogP contribution in [0, 0.1) is 0 Å². The molecule has 0 aliphatic carbocycles. The monoisotopic (exact) mass is 763 g/mol. The van der Waals surface area contributed by atoms with E-state index in [9.17, 15) is 0 Å². The van der Waals surface area contributed by atoms with Crippen molar-refractivity contribution in [2.45, 2.75) is 0 Å². The van der Waals surface area contributed by atoms with Crippen molar-refractivity contribution in [3.8, 4) is 56.4 Å². The van der Waals surface area contributed by atoms with Gasteiger partial charge in [-0.05, 0) is 41.5 Å². The first-order valence-corrected chi connectivity index (χ1v) is 20.6. The summed E-state index contributed by atoms with van der Waals surface area (Å²) in [5, 5.41) is 7.25. The van der Waals surface area contributed by atoms with E-state index in [0.29, 0.717) is 17.5 Å². The third-order valence-electron chi connectivity index (χ3n) is 10.9. The molecule has 0 unspecified atom stereocenters. The van der Waals surface area contributed by atoms with Crippen LogP contribution < -0.4 is 0 Å². The number of rotatable bonds is 5. The molecule has 0 saturated carbocycles. The average molecular weight is 764 g/mol. The zero-order valence-electron chi connectivity index (χ0n) is 30.3. The van der Waals surface area contributed by atoms with Gasteiger partial charge in [0.15, 0.2) is 17.5 Å². The topological polar surface area (TPSA) is 51.8 Å². The Morgan fingerprint density at radius 3 is 1.63 bits per heavy atom. The molecule has 0 fully saturated rings. The highest BCUT2D eigenvalue weighted by atomic mass is 32.1. The van der Waals surface area contributed by atoms with E-state index >= 15 is 0 Å². The third-order valence-corrected chi connectivity index (χ3v) is 13.4. The first-order valence-electron chi connectivity index (χ1n) is 18.9. The number of benzene rings is 8. The van der Waals surface area contributed by atoms with Crippen LogP contribution in [0.5, 0.6) is 0 Å². The van der Waals surface area contributed by atoms with E-state index in [2.05, 4.69) is 109 Å². The summed E-state index contributed by atoms with van der Waals surface area (Å²) >= 11 is 3.67. The highest BCUT2D eigenvalue weighted by Crippen LogP contribution is 2.47. The fourth-order valence-corrected chi connectivity index (χ4v) is 10.8. The molecule has 0 aliphatic heterocycles. The van der Waals surface area contributed by atoms with Gasteiger partial charge in [-0.25, -0.2) is 15.0 Å².